The van der Waals surface area contributed by atoms with Gasteiger partial charge in [-0.25, -0.2) is 0 Å². The van der Waals surface area contributed by atoms with Crippen molar-refractivity contribution in [2.24, 2.45) is 28.6 Å². The molecule has 2 heteroatoms. The second-order valence-corrected chi connectivity index (χ2v) is 8.40. The number of Topliss-reactive ketones (excluding diaryl/α,β-unsaturated/α-hetero) is 1. The molecule has 0 bridgehead atoms. The Kier molecular flexibility index (Phi) is 3.21. The number of ketones is 1. The Bertz CT molecular complexity index is 548. The molecule has 0 aromatic carbocycles. The van der Waals surface area contributed by atoms with Crippen molar-refractivity contribution < 1.29 is 9.90 Å². The van der Waals surface area contributed by atoms with Crippen LogP contribution in [0.5, 0.6) is 0 Å². The van der Waals surface area contributed by atoms with Gasteiger partial charge >= 0.3 is 0 Å². The van der Waals surface area contributed by atoms with Crippen LogP contribution in [0.15, 0.2) is 24.3 Å². The summed E-state index contributed by atoms with van der Waals surface area (Å²) in [6.45, 7) is 6.43. The second kappa shape index (κ2) is 4.80. The molecular weight excluding hydrogens is 272 g/mol. The largest absolute Gasteiger partial charge is 0.393 e. The molecule has 0 saturated heterocycles. The number of rotatable bonds is 1. The van der Waals surface area contributed by atoms with Crippen molar-refractivity contribution in [3.05, 3.63) is 24.3 Å². The smallest absolute Gasteiger partial charge is 0.139 e. The van der Waals surface area contributed by atoms with Crippen LogP contribution in [-0.2, 0) is 4.79 Å². The zero-order chi connectivity index (χ0) is 15.5. The number of aliphatic hydroxyl groups excluding tert-OH is 1. The quantitative estimate of drug-likeness (QED) is 0.742. The first-order valence-electron chi connectivity index (χ1n) is 9.06. The first-order valence-corrected chi connectivity index (χ1v) is 9.06. The monoisotopic (exact) mass is 300 g/mol. The first kappa shape index (κ1) is 14.7. The van der Waals surface area contributed by atoms with Crippen LogP contribution < -0.4 is 0 Å². The predicted molar refractivity (Wildman–Crippen MR) is 87.2 cm³/mol. The lowest BCUT2D eigenvalue weighted by atomic mass is 9.47. The van der Waals surface area contributed by atoms with Gasteiger partial charge in [0, 0.05) is 17.3 Å². The number of carbonyl (C=O) groups is 1. The van der Waals surface area contributed by atoms with E-state index in [1.807, 2.05) is 0 Å². The molecule has 22 heavy (non-hydrogen) atoms. The van der Waals surface area contributed by atoms with Crippen LogP contribution in [0.1, 0.15) is 58.3 Å². The van der Waals surface area contributed by atoms with Crippen molar-refractivity contribution in [2.45, 2.75) is 64.4 Å². The first-order chi connectivity index (χ1) is 10.5. The third-order valence-corrected chi connectivity index (χ3v) is 7.75. The van der Waals surface area contributed by atoms with Crippen LogP contribution in [0, 0.1) is 28.6 Å². The molecule has 6 atom stereocenters. The molecule has 0 aliphatic heterocycles. The van der Waals surface area contributed by atoms with E-state index >= 15 is 0 Å². The molecule has 1 N–H and O–H groups in total. The molecule has 3 fully saturated rings. The summed E-state index contributed by atoms with van der Waals surface area (Å²) in [7, 11) is 0. The number of allylic oxidation sites excluding steroid dienone is 2. The Morgan fingerprint density at radius 3 is 2.86 bits per heavy atom. The van der Waals surface area contributed by atoms with Crippen LogP contribution >= 0.6 is 0 Å². The minimum absolute atomic E-state index is 0.0525. The summed E-state index contributed by atoms with van der Waals surface area (Å²) in [5, 5.41) is 10.1. The van der Waals surface area contributed by atoms with Gasteiger partial charge in [-0.1, -0.05) is 24.6 Å². The van der Waals surface area contributed by atoms with Crippen molar-refractivity contribution in [1.29, 1.82) is 0 Å². The van der Waals surface area contributed by atoms with E-state index in [1.54, 1.807) is 0 Å². The van der Waals surface area contributed by atoms with Crippen LogP contribution in [0.2, 0.25) is 0 Å². The van der Waals surface area contributed by atoms with Gasteiger partial charge in [0.1, 0.15) is 5.78 Å². The van der Waals surface area contributed by atoms with Crippen molar-refractivity contribution in [3.63, 3.8) is 0 Å². The van der Waals surface area contributed by atoms with Crippen LogP contribution in [0.4, 0.5) is 0 Å². The van der Waals surface area contributed by atoms with Gasteiger partial charge in [0.2, 0.25) is 0 Å². The highest BCUT2D eigenvalue weighted by molar-refractivity contribution is 5.87. The minimum Gasteiger partial charge on any atom is -0.393 e. The topological polar surface area (TPSA) is 37.3 Å². The fraction of sp³-hybridized carbons (Fsp3) is 0.750. The van der Waals surface area contributed by atoms with Crippen molar-refractivity contribution in [3.8, 4) is 0 Å². The Labute approximate surface area is 133 Å². The van der Waals surface area contributed by atoms with Crippen molar-refractivity contribution in [2.75, 3.05) is 0 Å². The van der Waals surface area contributed by atoms with Crippen molar-refractivity contribution in [1.82, 2.24) is 0 Å². The van der Waals surface area contributed by atoms with Gasteiger partial charge in [-0.3, -0.25) is 4.79 Å². The summed E-state index contributed by atoms with van der Waals surface area (Å²) in [4.78, 5) is 12.4. The molecule has 120 valence electrons. The highest BCUT2D eigenvalue weighted by atomic mass is 16.3. The molecule has 0 spiro atoms. The standard InChI is InChI=1S/C20H28O2/c1-3-20-11-8-14(21)12-13(20)4-5-15-16-6-7-18(22)19(16,2)10-9-17(15)20/h3-4,14-17,21H,1,5-12H2,2H3/t14-,15?,16?,17?,19-,20?/m0/s1. The summed E-state index contributed by atoms with van der Waals surface area (Å²) >= 11 is 0. The maximum Gasteiger partial charge on any atom is 0.139 e. The summed E-state index contributed by atoms with van der Waals surface area (Å²) in [6, 6.07) is 0. The maximum atomic E-state index is 12.4. The Balaban J connectivity index is 1.73. The Morgan fingerprint density at radius 2 is 2.09 bits per heavy atom. The van der Waals surface area contributed by atoms with E-state index in [9.17, 15) is 9.90 Å². The average molecular weight is 300 g/mol. The van der Waals surface area contributed by atoms with Gasteiger partial charge in [-0.2, -0.15) is 0 Å². The van der Waals surface area contributed by atoms with E-state index in [0.29, 0.717) is 23.5 Å². The van der Waals surface area contributed by atoms with Gasteiger partial charge in [-0.05, 0) is 62.7 Å². The van der Waals surface area contributed by atoms with E-state index in [-0.39, 0.29) is 16.9 Å². The molecule has 0 aromatic rings. The molecule has 4 aliphatic rings. The zero-order valence-corrected chi connectivity index (χ0v) is 13.7. The second-order valence-electron chi connectivity index (χ2n) is 8.40. The molecule has 4 aliphatic carbocycles. The van der Waals surface area contributed by atoms with Gasteiger partial charge in [0.05, 0.1) is 6.10 Å². The van der Waals surface area contributed by atoms with Gasteiger partial charge < -0.3 is 5.11 Å². The lowest BCUT2D eigenvalue weighted by molar-refractivity contribution is -0.131. The average Bonchev–Trinajstić information content (AvgIpc) is 2.82. The molecule has 4 unspecified atom stereocenters. The molecule has 0 aromatic heterocycles. The summed E-state index contributed by atoms with van der Waals surface area (Å²) in [6.07, 6.45) is 12.4. The normalized spacial score (nSPS) is 50.6. The lowest BCUT2D eigenvalue weighted by Crippen LogP contribution is -2.50. The lowest BCUT2D eigenvalue weighted by Gasteiger charge is -2.57. The molecular formula is C20H28O2. The Hall–Kier alpha value is -0.890. The third-order valence-electron chi connectivity index (χ3n) is 7.75. The molecule has 3 saturated carbocycles. The fourth-order valence-corrected chi connectivity index (χ4v) is 6.50. The van der Waals surface area contributed by atoms with E-state index in [1.165, 1.54) is 5.57 Å². The number of hydrogen-bond donors (Lipinski definition) is 1. The molecule has 0 heterocycles. The molecule has 0 radical (unpaired) electrons. The number of hydrogen-bond acceptors (Lipinski definition) is 2. The van der Waals surface area contributed by atoms with Crippen LogP contribution in [-0.4, -0.2) is 17.0 Å². The predicted octanol–water partition coefficient (Wildman–Crippen LogP) is 4.05. The highest BCUT2D eigenvalue weighted by Gasteiger charge is 2.58. The molecule has 2 nitrogen and oxygen atoms in total. The van der Waals surface area contributed by atoms with Crippen LogP contribution in [0.25, 0.3) is 0 Å². The van der Waals surface area contributed by atoms with Gasteiger partial charge in [0.25, 0.3) is 0 Å². The Morgan fingerprint density at radius 1 is 1.27 bits per heavy atom. The SMILES string of the molecule is C=CC12CC[C@H](O)CC1=CCC1C2CC[C@]2(C)C(=O)CCC12. The summed E-state index contributed by atoms with van der Waals surface area (Å²) in [5.41, 5.74) is 1.49. The van der Waals surface area contributed by atoms with E-state index in [0.717, 1.165) is 51.4 Å². The fourth-order valence-electron chi connectivity index (χ4n) is 6.50. The highest BCUT2D eigenvalue weighted by Crippen LogP contribution is 2.64. The minimum atomic E-state index is -0.169. The van der Waals surface area contributed by atoms with Crippen LogP contribution in [0.3, 0.4) is 0 Å². The number of fused-ring (bicyclic) bond motifs is 5. The zero-order valence-electron chi connectivity index (χ0n) is 13.7. The van der Waals surface area contributed by atoms with E-state index in [2.05, 4.69) is 25.7 Å². The van der Waals surface area contributed by atoms with Gasteiger partial charge in [0.15, 0.2) is 0 Å². The van der Waals surface area contributed by atoms with Crippen molar-refractivity contribution >= 4 is 5.78 Å². The van der Waals surface area contributed by atoms with E-state index < -0.39 is 0 Å². The summed E-state index contributed by atoms with van der Waals surface area (Å²) < 4.78 is 0. The third kappa shape index (κ3) is 1.73. The number of carbonyl (C=O) groups excluding carboxylic acids is 1. The molecule has 0 amide bonds. The maximum absolute atomic E-state index is 12.4. The van der Waals surface area contributed by atoms with Gasteiger partial charge in [-0.15, -0.1) is 6.58 Å². The molecule has 4 rings (SSSR count). The summed E-state index contributed by atoms with van der Waals surface area (Å²) in [5.74, 6) is 2.36. The number of aliphatic hydroxyl groups is 1. The van der Waals surface area contributed by atoms with E-state index in [4.69, 9.17) is 0 Å².